The number of hydrogen-bond donors (Lipinski definition) is 1. The molecule has 0 aliphatic heterocycles. The van der Waals surface area contributed by atoms with Crippen LogP contribution in [0.5, 0.6) is 0 Å². The highest BCUT2D eigenvalue weighted by Crippen LogP contribution is 2.20. The van der Waals surface area contributed by atoms with E-state index in [1.807, 2.05) is 0 Å². The molecule has 0 heterocycles. The zero-order valence-electron chi connectivity index (χ0n) is 10.3. The van der Waals surface area contributed by atoms with Crippen LogP contribution in [0.15, 0.2) is 23.1 Å². The second-order valence-electron chi connectivity index (χ2n) is 3.88. The van der Waals surface area contributed by atoms with Crippen molar-refractivity contribution in [3.05, 3.63) is 29.8 Å². The van der Waals surface area contributed by atoms with Crippen molar-refractivity contribution >= 4 is 27.2 Å². The van der Waals surface area contributed by atoms with Crippen LogP contribution in [0.4, 0.5) is 8.78 Å². The number of benzene rings is 1. The molecule has 0 aliphatic rings. The minimum Gasteiger partial charge on any atom is -0.392 e. The standard InChI is InChI=1S/C11H14F2N2O2S2/c1-2-5-15(7-11(14)18)19(16,17)10-4-3-8(12)6-9(10)13/h3-4,6H,2,5,7H2,1H3,(H2,14,18). The van der Waals surface area contributed by atoms with E-state index in [-0.39, 0.29) is 18.1 Å². The van der Waals surface area contributed by atoms with Gasteiger partial charge in [-0.25, -0.2) is 17.2 Å². The number of sulfonamides is 1. The van der Waals surface area contributed by atoms with Gasteiger partial charge in [-0.15, -0.1) is 0 Å². The summed E-state index contributed by atoms with van der Waals surface area (Å²) in [7, 11) is -4.08. The van der Waals surface area contributed by atoms with Gasteiger partial charge in [0, 0.05) is 12.6 Å². The lowest BCUT2D eigenvalue weighted by Crippen LogP contribution is -2.38. The van der Waals surface area contributed by atoms with E-state index in [1.165, 1.54) is 0 Å². The Balaban J connectivity index is 3.22. The zero-order chi connectivity index (χ0) is 14.6. The Morgan fingerprint density at radius 2 is 2.05 bits per heavy atom. The molecule has 1 aromatic rings. The smallest absolute Gasteiger partial charge is 0.246 e. The zero-order valence-corrected chi connectivity index (χ0v) is 11.9. The van der Waals surface area contributed by atoms with Crippen LogP contribution in [-0.2, 0) is 10.0 Å². The van der Waals surface area contributed by atoms with Crippen molar-refractivity contribution in [2.24, 2.45) is 5.73 Å². The highest BCUT2D eigenvalue weighted by atomic mass is 32.2. The molecule has 0 aliphatic carbocycles. The second-order valence-corrected chi connectivity index (χ2v) is 6.31. The van der Waals surface area contributed by atoms with E-state index in [1.54, 1.807) is 6.92 Å². The van der Waals surface area contributed by atoms with Gasteiger partial charge in [-0.2, -0.15) is 4.31 Å². The quantitative estimate of drug-likeness (QED) is 0.812. The van der Waals surface area contributed by atoms with Gasteiger partial charge < -0.3 is 5.73 Å². The number of nitrogens with two attached hydrogens (primary N) is 1. The monoisotopic (exact) mass is 308 g/mol. The van der Waals surface area contributed by atoms with E-state index in [0.29, 0.717) is 12.5 Å². The topological polar surface area (TPSA) is 63.4 Å². The molecule has 2 N–H and O–H groups in total. The molecule has 4 nitrogen and oxygen atoms in total. The van der Waals surface area contributed by atoms with E-state index < -0.39 is 26.6 Å². The number of thiocarbonyl (C=S) groups is 1. The number of rotatable bonds is 6. The van der Waals surface area contributed by atoms with Gasteiger partial charge in [0.05, 0.1) is 11.5 Å². The molecule has 0 spiro atoms. The first-order valence-corrected chi connectivity index (χ1v) is 7.37. The van der Waals surface area contributed by atoms with Crippen LogP contribution in [-0.4, -0.2) is 30.8 Å². The number of hydrogen-bond acceptors (Lipinski definition) is 3. The molecule has 0 saturated heterocycles. The van der Waals surface area contributed by atoms with Crippen molar-refractivity contribution in [2.75, 3.05) is 13.1 Å². The maximum absolute atomic E-state index is 13.6. The molecule has 8 heteroatoms. The largest absolute Gasteiger partial charge is 0.392 e. The molecule has 0 unspecified atom stereocenters. The SMILES string of the molecule is CCCN(CC(N)=S)S(=O)(=O)c1ccc(F)cc1F. The predicted molar refractivity (Wildman–Crippen MR) is 72.2 cm³/mol. The van der Waals surface area contributed by atoms with Gasteiger partial charge in [0.1, 0.15) is 16.5 Å². The van der Waals surface area contributed by atoms with Crippen LogP contribution >= 0.6 is 12.2 Å². The van der Waals surface area contributed by atoms with Gasteiger partial charge in [-0.1, -0.05) is 19.1 Å². The second kappa shape index (κ2) is 6.36. The molecule has 106 valence electrons. The Bertz CT molecular complexity index is 576. The first-order valence-electron chi connectivity index (χ1n) is 5.52. The van der Waals surface area contributed by atoms with Crippen LogP contribution in [0.25, 0.3) is 0 Å². The first-order chi connectivity index (χ1) is 8.78. The van der Waals surface area contributed by atoms with E-state index in [9.17, 15) is 17.2 Å². The van der Waals surface area contributed by atoms with Crippen molar-refractivity contribution in [1.29, 1.82) is 0 Å². The van der Waals surface area contributed by atoms with Crippen LogP contribution in [0.2, 0.25) is 0 Å². The van der Waals surface area contributed by atoms with Gasteiger partial charge >= 0.3 is 0 Å². The fraction of sp³-hybridized carbons (Fsp3) is 0.364. The predicted octanol–water partition coefficient (Wildman–Crippen LogP) is 1.65. The molecule has 0 saturated carbocycles. The third-order valence-corrected chi connectivity index (χ3v) is 4.32. The minimum absolute atomic E-state index is 0.0143. The Labute approximate surface area is 116 Å². The summed E-state index contributed by atoms with van der Waals surface area (Å²) < 4.78 is 51.8. The van der Waals surface area contributed by atoms with Crippen molar-refractivity contribution in [2.45, 2.75) is 18.2 Å². The van der Waals surface area contributed by atoms with E-state index in [4.69, 9.17) is 5.73 Å². The Hall–Kier alpha value is -1.12. The lowest BCUT2D eigenvalue weighted by Gasteiger charge is -2.21. The summed E-state index contributed by atoms with van der Waals surface area (Å²) in [5.74, 6) is -1.98. The minimum atomic E-state index is -4.08. The summed E-state index contributed by atoms with van der Waals surface area (Å²) in [6, 6.07) is 2.31. The van der Waals surface area contributed by atoms with Crippen LogP contribution < -0.4 is 5.73 Å². The Morgan fingerprint density at radius 1 is 1.42 bits per heavy atom. The van der Waals surface area contributed by atoms with Crippen LogP contribution in [0, 0.1) is 11.6 Å². The fourth-order valence-electron chi connectivity index (χ4n) is 1.53. The lowest BCUT2D eigenvalue weighted by atomic mass is 10.3. The molecule has 1 rings (SSSR count). The number of nitrogens with zero attached hydrogens (tertiary/aromatic N) is 1. The van der Waals surface area contributed by atoms with E-state index in [0.717, 1.165) is 16.4 Å². The highest BCUT2D eigenvalue weighted by molar-refractivity contribution is 7.89. The molecular formula is C11H14F2N2O2S2. The normalized spacial score (nSPS) is 11.8. The van der Waals surface area contributed by atoms with Crippen molar-refractivity contribution in [3.8, 4) is 0 Å². The van der Waals surface area contributed by atoms with E-state index >= 15 is 0 Å². The summed E-state index contributed by atoms with van der Waals surface area (Å²) in [6.07, 6.45) is 0.519. The third kappa shape index (κ3) is 3.92. The van der Waals surface area contributed by atoms with Crippen LogP contribution in [0.1, 0.15) is 13.3 Å². The highest BCUT2D eigenvalue weighted by Gasteiger charge is 2.27. The number of halogens is 2. The summed E-state index contributed by atoms with van der Waals surface area (Å²) in [5, 5.41) is 0. The van der Waals surface area contributed by atoms with E-state index in [2.05, 4.69) is 12.2 Å². The molecular weight excluding hydrogens is 294 g/mol. The third-order valence-electron chi connectivity index (χ3n) is 2.32. The Morgan fingerprint density at radius 3 is 2.53 bits per heavy atom. The summed E-state index contributed by atoms with van der Waals surface area (Å²) in [4.78, 5) is -0.599. The average Bonchev–Trinajstić information content (AvgIpc) is 2.27. The van der Waals surface area contributed by atoms with Gasteiger partial charge in [-0.3, -0.25) is 0 Å². The molecule has 0 radical (unpaired) electrons. The van der Waals surface area contributed by atoms with Crippen LogP contribution in [0.3, 0.4) is 0 Å². The van der Waals surface area contributed by atoms with Crippen molar-refractivity contribution < 1.29 is 17.2 Å². The Kier molecular flexibility index (Phi) is 5.33. The molecule has 19 heavy (non-hydrogen) atoms. The average molecular weight is 308 g/mol. The van der Waals surface area contributed by atoms with Gasteiger partial charge in [0.15, 0.2) is 0 Å². The van der Waals surface area contributed by atoms with Gasteiger partial charge in [0.25, 0.3) is 0 Å². The molecule has 0 amide bonds. The molecule has 0 fully saturated rings. The van der Waals surface area contributed by atoms with Crippen molar-refractivity contribution in [1.82, 2.24) is 4.31 Å². The molecule has 0 atom stereocenters. The fourth-order valence-corrected chi connectivity index (χ4v) is 3.32. The lowest BCUT2D eigenvalue weighted by molar-refractivity contribution is 0.443. The summed E-state index contributed by atoms with van der Waals surface area (Å²) in [5.41, 5.74) is 5.33. The first kappa shape index (κ1) is 15.9. The maximum Gasteiger partial charge on any atom is 0.246 e. The maximum atomic E-state index is 13.6. The van der Waals surface area contributed by atoms with Gasteiger partial charge in [0.2, 0.25) is 10.0 Å². The summed E-state index contributed by atoms with van der Waals surface area (Å²) >= 11 is 4.68. The molecule has 0 bridgehead atoms. The van der Waals surface area contributed by atoms with Gasteiger partial charge in [-0.05, 0) is 18.6 Å². The molecule has 1 aromatic carbocycles. The summed E-state index contributed by atoms with van der Waals surface area (Å²) in [6.45, 7) is 1.74. The van der Waals surface area contributed by atoms with Crippen molar-refractivity contribution in [3.63, 3.8) is 0 Å². The molecule has 0 aromatic heterocycles.